The number of carbonyl (C=O) groups is 2. The Kier molecular flexibility index (Phi) is 5.20. The van der Waals surface area contributed by atoms with Gasteiger partial charge in [-0.15, -0.1) is 11.8 Å². The van der Waals surface area contributed by atoms with Crippen molar-refractivity contribution in [2.75, 3.05) is 19.4 Å². The molecule has 1 unspecified atom stereocenters. The van der Waals surface area contributed by atoms with E-state index in [2.05, 4.69) is 12.1 Å². The summed E-state index contributed by atoms with van der Waals surface area (Å²) in [6.45, 7) is 0.694. The van der Waals surface area contributed by atoms with Gasteiger partial charge in [0.1, 0.15) is 5.37 Å². The summed E-state index contributed by atoms with van der Waals surface area (Å²) in [5.74, 6) is 0.314. The SMILES string of the molecule is COC(=O)c1ccc(C2SCC(=O)N2CCc2ccccc2)cc1. The molecular weight excluding hydrogens is 322 g/mol. The van der Waals surface area contributed by atoms with E-state index in [1.807, 2.05) is 35.2 Å². The largest absolute Gasteiger partial charge is 0.465 e. The monoisotopic (exact) mass is 341 g/mol. The second kappa shape index (κ2) is 7.53. The first kappa shape index (κ1) is 16.6. The molecule has 1 amide bonds. The second-order valence-electron chi connectivity index (χ2n) is 5.60. The van der Waals surface area contributed by atoms with Gasteiger partial charge in [0.15, 0.2) is 0 Å². The topological polar surface area (TPSA) is 46.6 Å². The highest BCUT2D eigenvalue weighted by Crippen LogP contribution is 2.38. The Morgan fingerprint density at radius 1 is 1.17 bits per heavy atom. The van der Waals surface area contributed by atoms with Crippen LogP contribution in [0.4, 0.5) is 0 Å². The third-order valence-corrected chi connectivity index (χ3v) is 5.33. The third-order valence-electron chi connectivity index (χ3n) is 4.07. The van der Waals surface area contributed by atoms with Crippen LogP contribution in [0.2, 0.25) is 0 Å². The first-order valence-electron chi connectivity index (χ1n) is 7.82. The predicted molar refractivity (Wildman–Crippen MR) is 94.8 cm³/mol. The molecule has 1 atom stereocenters. The molecule has 24 heavy (non-hydrogen) atoms. The molecule has 4 nitrogen and oxygen atoms in total. The number of esters is 1. The van der Waals surface area contributed by atoms with E-state index in [4.69, 9.17) is 4.74 Å². The first-order chi connectivity index (χ1) is 11.7. The van der Waals surface area contributed by atoms with Crippen LogP contribution in [-0.2, 0) is 16.0 Å². The van der Waals surface area contributed by atoms with E-state index in [1.165, 1.54) is 12.7 Å². The van der Waals surface area contributed by atoms with Gasteiger partial charge in [0.25, 0.3) is 0 Å². The molecule has 0 spiro atoms. The average molecular weight is 341 g/mol. The fraction of sp³-hybridized carbons (Fsp3) is 0.263. The van der Waals surface area contributed by atoms with Gasteiger partial charge in [0.2, 0.25) is 5.91 Å². The van der Waals surface area contributed by atoms with Crippen LogP contribution < -0.4 is 0 Å². The minimum Gasteiger partial charge on any atom is -0.465 e. The smallest absolute Gasteiger partial charge is 0.337 e. The summed E-state index contributed by atoms with van der Waals surface area (Å²) in [6.07, 6.45) is 0.837. The lowest BCUT2D eigenvalue weighted by Gasteiger charge is -2.24. The molecule has 1 heterocycles. The molecule has 1 fully saturated rings. The molecule has 0 radical (unpaired) electrons. The van der Waals surface area contributed by atoms with Crippen LogP contribution in [0.1, 0.15) is 26.9 Å². The van der Waals surface area contributed by atoms with Crippen molar-refractivity contribution in [1.82, 2.24) is 4.90 Å². The normalized spacial score (nSPS) is 17.1. The summed E-state index contributed by atoms with van der Waals surface area (Å²) in [6, 6.07) is 17.5. The van der Waals surface area contributed by atoms with Crippen molar-refractivity contribution < 1.29 is 14.3 Å². The fourth-order valence-electron chi connectivity index (χ4n) is 2.77. The van der Waals surface area contributed by atoms with Gasteiger partial charge in [-0.1, -0.05) is 42.5 Å². The van der Waals surface area contributed by atoms with Crippen LogP contribution in [0.5, 0.6) is 0 Å². The Morgan fingerprint density at radius 3 is 2.54 bits per heavy atom. The van der Waals surface area contributed by atoms with Crippen LogP contribution in [0, 0.1) is 0 Å². The lowest BCUT2D eigenvalue weighted by molar-refractivity contribution is -0.128. The van der Waals surface area contributed by atoms with E-state index in [0.29, 0.717) is 17.9 Å². The van der Waals surface area contributed by atoms with Crippen molar-refractivity contribution in [2.24, 2.45) is 0 Å². The zero-order valence-corrected chi connectivity index (χ0v) is 14.3. The lowest BCUT2D eigenvalue weighted by Crippen LogP contribution is -2.30. The molecule has 124 valence electrons. The number of thioether (sulfide) groups is 1. The van der Waals surface area contributed by atoms with Gasteiger partial charge in [-0.05, 0) is 29.7 Å². The summed E-state index contributed by atoms with van der Waals surface area (Å²) in [5.41, 5.74) is 2.78. The summed E-state index contributed by atoms with van der Waals surface area (Å²) >= 11 is 1.63. The number of ether oxygens (including phenoxy) is 1. The fourth-order valence-corrected chi connectivity index (χ4v) is 3.99. The van der Waals surface area contributed by atoms with Gasteiger partial charge in [-0.3, -0.25) is 4.79 Å². The van der Waals surface area contributed by atoms with Gasteiger partial charge in [0.05, 0.1) is 18.4 Å². The molecule has 0 aliphatic carbocycles. The Hall–Kier alpha value is -2.27. The number of hydrogen-bond donors (Lipinski definition) is 0. The van der Waals surface area contributed by atoms with Crippen LogP contribution in [0.15, 0.2) is 54.6 Å². The Labute approximate surface area is 145 Å². The molecule has 1 aliphatic rings. The van der Waals surface area contributed by atoms with Crippen LogP contribution in [0.25, 0.3) is 0 Å². The molecule has 3 rings (SSSR count). The van der Waals surface area contributed by atoms with Gasteiger partial charge in [-0.25, -0.2) is 4.79 Å². The predicted octanol–water partition coefficient (Wildman–Crippen LogP) is 3.29. The number of carbonyl (C=O) groups excluding carboxylic acids is 2. The van der Waals surface area contributed by atoms with Crippen LogP contribution in [-0.4, -0.2) is 36.2 Å². The van der Waals surface area contributed by atoms with Crippen molar-refractivity contribution in [3.8, 4) is 0 Å². The molecule has 0 saturated carbocycles. The van der Waals surface area contributed by atoms with E-state index in [0.717, 1.165) is 12.0 Å². The van der Waals surface area contributed by atoms with Gasteiger partial charge < -0.3 is 9.64 Å². The molecule has 1 saturated heterocycles. The summed E-state index contributed by atoms with van der Waals surface area (Å²) in [5, 5.41) is 0.00732. The van der Waals surface area contributed by atoms with Crippen molar-refractivity contribution >= 4 is 23.6 Å². The molecule has 0 aromatic heterocycles. The summed E-state index contributed by atoms with van der Waals surface area (Å²) < 4.78 is 4.72. The number of nitrogens with zero attached hydrogens (tertiary/aromatic N) is 1. The summed E-state index contributed by atoms with van der Waals surface area (Å²) in [7, 11) is 1.37. The quantitative estimate of drug-likeness (QED) is 0.783. The number of methoxy groups -OCH3 is 1. The maximum Gasteiger partial charge on any atom is 0.337 e. The van der Waals surface area contributed by atoms with Gasteiger partial charge in [-0.2, -0.15) is 0 Å². The summed E-state index contributed by atoms with van der Waals surface area (Å²) in [4.78, 5) is 25.7. The highest BCUT2D eigenvalue weighted by molar-refractivity contribution is 8.00. The number of hydrogen-bond acceptors (Lipinski definition) is 4. The first-order valence-corrected chi connectivity index (χ1v) is 8.87. The Balaban J connectivity index is 1.71. The highest BCUT2D eigenvalue weighted by Gasteiger charge is 2.32. The zero-order chi connectivity index (χ0) is 16.9. The maximum absolute atomic E-state index is 12.2. The van der Waals surface area contributed by atoms with Crippen molar-refractivity contribution in [3.63, 3.8) is 0 Å². The van der Waals surface area contributed by atoms with E-state index in [1.54, 1.807) is 23.9 Å². The average Bonchev–Trinajstić information content (AvgIpc) is 3.01. The van der Waals surface area contributed by atoms with Gasteiger partial charge in [0, 0.05) is 6.54 Å². The van der Waals surface area contributed by atoms with Crippen molar-refractivity contribution in [2.45, 2.75) is 11.8 Å². The van der Waals surface area contributed by atoms with Crippen LogP contribution >= 0.6 is 11.8 Å². The second-order valence-corrected chi connectivity index (χ2v) is 6.67. The molecule has 2 aromatic rings. The molecular formula is C19H19NO3S. The Bertz CT molecular complexity index is 715. The van der Waals surface area contributed by atoms with E-state index >= 15 is 0 Å². The van der Waals surface area contributed by atoms with Crippen molar-refractivity contribution in [3.05, 3.63) is 71.3 Å². The molecule has 5 heteroatoms. The minimum absolute atomic E-state index is 0.00732. The molecule has 1 aliphatic heterocycles. The number of amides is 1. The van der Waals surface area contributed by atoms with Gasteiger partial charge >= 0.3 is 5.97 Å². The Morgan fingerprint density at radius 2 is 1.88 bits per heavy atom. The standard InChI is InChI=1S/C19H19NO3S/c1-23-19(22)16-9-7-15(8-10-16)18-20(17(21)13-24-18)12-11-14-5-3-2-4-6-14/h2-10,18H,11-13H2,1H3. The van der Waals surface area contributed by atoms with E-state index < -0.39 is 0 Å². The minimum atomic E-state index is -0.349. The molecule has 2 aromatic carbocycles. The van der Waals surface area contributed by atoms with E-state index in [-0.39, 0.29) is 17.3 Å². The third kappa shape index (κ3) is 3.62. The maximum atomic E-state index is 12.2. The van der Waals surface area contributed by atoms with E-state index in [9.17, 15) is 9.59 Å². The number of rotatable bonds is 5. The van der Waals surface area contributed by atoms with Crippen LogP contribution in [0.3, 0.4) is 0 Å². The van der Waals surface area contributed by atoms with Crippen molar-refractivity contribution in [1.29, 1.82) is 0 Å². The highest BCUT2D eigenvalue weighted by atomic mass is 32.2. The number of benzene rings is 2. The lowest BCUT2D eigenvalue weighted by atomic mass is 10.1. The molecule has 0 bridgehead atoms. The molecule has 0 N–H and O–H groups in total. The zero-order valence-electron chi connectivity index (χ0n) is 13.5.